The largest absolute Gasteiger partial charge is 0.508 e. The van der Waals surface area contributed by atoms with Crippen LogP contribution in [0, 0.1) is 6.92 Å². The van der Waals surface area contributed by atoms with E-state index >= 15 is 0 Å². The third-order valence-electron chi connectivity index (χ3n) is 8.68. The molecule has 1 aliphatic heterocycles. The first-order chi connectivity index (χ1) is 22.6. The Morgan fingerprint density at radius 1 is 1.09 bits per heavy atom. The van der Waals surface area contributed by atoms with Gasteiger partial charge in [-0.15, -0.1) is 5.10 Å². The number of benzene rings is 3. The quantitative estimate of drug-likeness (QED) is 0.0856. The highest BCUT2D eigenvalue weighted by Crippen LogP contribution is 2.41. The van der Waals surface area contributed by atoms with Crippen molar-refractivity contribution in [1.82, 2.24) is 19.3 Å². The first-order valence-electron chi connectivity index (χ1n) is 15.8. The normalized spacial score (nSPS) is 15.5. The summed E-state index contributed by atoms with van der Waals surface area (Å²) in [4.78, 5) is 13.0. The Bertz CT molecular complexity index is 1850. The van der Waals surface area contributed by atoms with Crippen LogP contribution in [-0.2, 0) is 32.9 Å². The number of halogens is 1. The number of aryl methyl sites for hydroxylation is 2. The molecule has 1 N–H and O–H groups in total. The van der Waals surface area contributed by atoms with Crippen molar-refractivity contribution in [1.29, 1.82) is 0 Å². The molecule has 2 atom stereocenters. The van der Waals surface area contributed by atoms with Crippen molar-refractivity contribution < 1.29 is 32.0 Å². The number of aromatic hydroxyl groups is 1. The van der Waals surface area contributed by atoms with Crippen LogP contribution in [0.25, 0.3) is 11.0 Å². The molecule has 11 nitrogen and oxygen atoms in total. The molecule has 1 aromatic heterocycles. The lowest BCUT2D eigenvalue weighted by Crippen LogP contribution is -2.39. The van der Waals surface area contributed by atoms with Gasteiger partial charge in [-0.25, -0.2) is 4.68 Å². The van der Waals surface area contributed by atoms with Crippen LogP contribution >= 0.6 is 15.9 Å². The Morgan fingerprint density at radius 2 is 1.87 bits per heavy atom. The van der Waals surface area contributed by atoms with Crippen molar-refractivity contribution in [3.63, 3.8) is 0 Å². The van der Waals surface area contributed by atoms with Crippen molar-refractivity contribution >= 4 is 43.2 Å². The summed E-state index contributed by atoms with van der Waals surface area (Å²) in [6, 6.07) is 13.2. The minimum atomic E-state index is -4.17. The number of carbonyl (C=O) groups is 1. The number of phenolic OH excluding ortho intramolecular Hbond substituents is 1. The lowest BCUT2D eigenvalue weighted by atomic mass is 9.84. The average Bonchev–Trinajstić information content (AvgIpc) is 3.47. The second-order valence-electron chi connectivity index (χ2n) is 11.7. The lowest BCUT2D eigenvalue weighted by Gasteiger charge is -2.33. The lowest BCUT2D eigenvalue weighted by molar-refractivity contribution is -0.143. The summed E-state index contributed by atoms with van der Waals surface area (Å²) in [6.07, 6.45) is 4.50. The summed E-state index contributed by atoms with van der Waals surface area (Å²) >= 11 is 3.49. The van der Waals surface area contributed by atoms with Crippen molar-refractivity contribution in [3.8, 4) is 17.2 Å². The molecule has 47 heavy (non-hydrogen) atoms. The maximum absolute atomic E-state index is 13.3. The summed E-state index contributed by atoms with van der Waals surface area (Å²) in [6.45, 7) is 6.54. The number of carbonyl (C=O) groups excluding carboxylic acids is 1. The van der Waals surface area contributed by atoms with E-state index in [1.54, 1.807) is 19.9 Å². The highest BCUT2D eigenvalue weighted by molar-refractivity contribution is 9.09. The fourth-order valence-electron chi connectivity index (χ4n) is 6.19. The molecule has 1 unspecified atom stereocenters. The smallest absolute Gasteiger partial charge is 0.386 e. The number of methoxy groups -OCH3 is 1. The molecule has 0 spiro atoms. The molecule has 4 aromatic rings. The number of phenols is 1. The predicted molar refractivity (Wildman–Crippen MR) is 182 cm³/mol. The van der Waals surface area contributed by atoms with E-state index in [2.05, 4.69) is 26.2 Å². The van der Waals surface area contributed by atoms with Crippen LogP contribution in [0.15, 0.2) is 48.5 Å². The maximum atomic E-state index is 13.3. The number of ether oxygens (including phenoxy) is 2. The molecule has 0 saturated heterocycles. The number of hydrogen-bond acceptors (Lipinski definition) is 9. The standard InChI is InChI=1S/C34H41BrN4O7S/c1-5-45-33(41)20-29(27-12-13-30-34(22(27)2)36-37-38(30)17-9-7-6-8-16-35)24-10-14-32(44-4)28(19-24)23(3)39-21-25-18-26(40)11-15-31(25)46-47(39,42)43/h10-15,18-19,23,29,40H,5-9,16-17,20-21H2,1-4H3/t23-,29?/m1/s1. The first-order valence-corrected chi connectivity index (χ1v) is 18.3. The van der Waals surface area contributed by atoms with Crippen LogP contribution in [0.5, 0.6) is 17.2 Å². The second-order valence-corrected chi connectivity index (χ2v) is 14.0. The van der Waals surface area contributed by atoms with E-state index in [1.807, 2.05) is 35.9 Å². The minimum absolute atomic E-state index is 0.00515. The molecule has 0 aliphatic carbocycles. The minimum Gasteiger partial charge on any atom is -0.508 e. The number of hydrogen-bond donors (Lipinski definition) is 1. The number of rotatable bonds is 14. The highest BCUT2D eigenvalue weighted by atomic mass is 79.9. The molecule has 3 aromatic carbocycles. The first kappa shape index (κ1) is 34.6. The zero-order valence-electron chi connectivity index (χ0n) is 27.1. The summed E-state index contributed by atoms with van der Waals surface area (Å²) in [7, 11) is -2.64. The van der Waals surface area contributed by atoms with E-state index in [1.165, 1.54) is 29.6 Å². The number of unbranched alkanes of at least 4 members (excludes halogenated alkanes) is 3. The number of alkyl halides is 1. The summed E-state index contributed by atoms with van der Waals surface area (Å²) < 4.78 is 46.3. The van der Waals surface area contributed by atoms with Gasteiger partial charge < -0.3 is 18.8 Å². The van der Waals surface area contributed by atoms with Crippen molar-refractivity contribution in [2.24, 2.45) is 0 Å². The van der Waals surface area contributed by atoms with Gasteiger partial charge in [-0.05, 0) is 86.7 Å². The molecule has 0 amide bonds. The SMILES string of the molecule is CCOC(=O)CC(c1ccc(OC)c([C@@H](C)N2Cc3cc(O)ccc3OS2(=O)=O)c1)c1ccc2c(nnn2CCCCCCBr)c1C. The Hall–Kier alpha value is -3.68. The van der Waals surface area contributed by atoms with Crippen LogP contribution < -0.4 is 8.92 Å². The summed E-state index contributed by atoms with van der Waals surface area (Å²) in [5, 5.41) is 20.0. The monoisotopic (exact) mass is 728 g/mol. The van der Waals surface area contributed by atoms with Crippen LogP contribution in [-0.4, -0.2) is 57.8 Å². The fraction of sp³-hybridized carbons (Fsp3) is 0.441. The molecule has 252 valence electrons. The molecule has 0 bridgehead atoms. The topological polar surface area (TPSA) is 133 Å². The van der Waals surface area contributed by atoms with Gasteiger partial charge in [-0.2, -0.15) is 12.7 Å². The van der Waals surface area contributed by atoms with Gasteiger partial charge in [0, 0.05) is 35.5 Å². The fourth-order valence-corrected chi connectivity index (χ4v) is 7.87. The summed E-state index contributed by atoms with van der Waals surface area (Å²) in [5.41, 5.74) is 5.45. The van der Waals surface area contributed by atoms with Crippen molar-refractivity contribution in [2.75, 3.05) is 19.0 Å². The zero-order chi connectivity index (χ0) is 33.7. The van der Waals surface area contributed by atoms with Gasteiger partial charge in [0.1, 0.15) is 22.8 Å². The third-order valence-corrected chi connectivity index (χ3v) is 10.6. The Kier molecular flexibility index (Phi) is 11.1. The summed E-state index contributed by atoms with van der Waals surface area (Å²) in [5.74, 6) is -0.0916. The third kappa shape index (κ3) is 7.57. The van der Waals surface area contributed by atoms with Gasteiger partial charge in [-0.1, -0.05) is 46.1 Å². The van der Waals surface area contributed by atoms with Gasteiger partial charge in [0.2, 0.25) is 0 Å². The Morgan fingerprint density at radius 3 is 2.62 bits per heavy atom. The number of nitrogens with zero attached hydrogens (tertiary/aromatic N) is 4. The molecular formula is C34H41BrN4O7S. The van der Waals surface area contributed by atoms with E-state index in [0.717, 1.165) is 65.3 Å². The highest BCUT2D eigenvalue weighted by Gasteiger charge is 2.37. The Labute approximate surface area is 284 Å². The van der Waals surface area contributed by atoms with Crippen molar-refractivity contribution in [2.45, 2.75) is 77.9 Å². The van der Waals surface area contributed by atoms with Gasteiger partial charge in [0.05, 0.1) is 31.7 Å². The van der Waals surface area contributed by atoms with Gasteiger partial charge in [0.15, 0.2) is 0 Å². The second kappa shape index (κ2) is 15.0. The zero-order valence-corrected chi connectivity index (χ0v) is 29.5. The van der Waals surface area contributed by atoms with E-state index < -0.39 is 22.3 Å². The van der Waals surface area contributed by atoms with Crippen LogP contribution in [0.2, 0.25) is 0 Å². The number of fused-ring (bicyclic) bond motifs is 2. The average molecular weight is 730 g/mol. The Balaban J connectivity index is 1.52. The molecule has 0 radical (unpaired) electrons. The van der Waals surface area contributed by atoms with E-state index in [4.69, 9.17) is 13.7 Å². The molecular weight excluding hydrogens is 688 g/mol. The van der Waals surface area contributed by atoms with E-state index in [9.17, 15) is 18.3 Å². The van der Waals surface area contributed by atoms with Gasteiger partial charge >= 0.3 is 16.3 Å². The molecule has 0 fully saturated rings. The number of aromatic nitrogens is 3. The molecule has 0 saturated carbocycles. The molecule has 5 rings (SSSR count). The van der Waals surface area contributed by atoms with Crippen molar-refractivity contribution in [3.05, 3.63) is 76.3 Å². The number of esters is 1. The molecule has 2 heterocycles. The molecule has 1 aliphatic rings. The molecule has 13 heteroatoms. The van der Waals surface area contributed by atoms with E-state index in [0.29, 0.717) is 16.9 Å². The van der Waals surface area contributed by atoms with Crippen LogP contribution in [0.3, 0.4) is 0 Å². The van der Waals surface area contributed by atoms with Gasteiger partial charge in [0.25, 0.3) is 0 Å². The predicted octanol–water partition coefficient (Wildman–Crippen LogP) is 6.69. The van der Waals surface area contributed by atoms with Crippen LogP contribution in [0.1, 0.15) is 85.7 Å². The van der Waals surface area contributed by atoms with E-state index in [-0.39, 0.29) is 37.0 Å². The van der Waals surface area contributed by atoms with Crippen LogP contribution in [0.4, 0.5) is 0 Å². The maximum Gasteiger partial charge on any atom is 0.386 e. The van der Waals surface area contributed by atoms with Gasteiger partial charge in [-0.3, -0.25) is 4.79 Å².